The number of phosphoric acid groups is 1. The van der Waals surface area contributed by atoms with Crippen LogP contribution in [-0.4, -0.2) is 17.9 Å². The van der Waals surface area contributed by atoms with Crippen LogP contribution in [0.5, 0.6) is 0 Å². The Morgan fingerprint density at radius 2 is 0.829 bits per heavy atom. The number of hydrogen-bond acceptors (Lipinski definition) is 7. The van der Waals surface area contributed by atoms with Crippen molar-refractivity contribution in [3.63, 3.8) is 0 Å². The van der Waals surface area contributed by atoms with E-state index in [4.69, 9.17) is 47.0 Å². The van der Waals surface area contributed by atoms with Gasteiger partial charge in [0.05, 0.1) is 19.8 Å². The third kappa shape index (κ3) is 11.7. The molecule has 0 radical (unpaired) electrons. The SMILES string of the molecule is N=C(N)NCc1cccc(COP(=O)(OCc2cccc(CNC(=N)N)c2)OCc2cccc(CNC(=N)N)c2)c1. The van der Waals surface area contributed by atoms with Gasteiger partial charge in [-0.1, -0.05) is 72.8 Å². The Kier molecular flexibility index (Phi) is 11.7. The Morgan fingerprint density at radius 3 is 1.10 bits per heavy atom. The van der Waals surface area contributed by atoms with Crippen molar-refractivity contribution in [1.29, 1.82) is 16.2 Å². The lowest BCUT2D eigenvalue weighted by Gasteiger charge is -2.19. The van der Waals surface area contributed by atoms with Gasteiger partial charge in [-0.15, -0.1) is 0 Å². The second-order valence-corrected chi connectivity index (χ2v) is 10.7. The van der Waals surface area contributed by atoms with E-state index in [0.717, 1.165) is 33.4 Å². The van der Waals surface area contributed by atoms with Crippen LogP contribution in [0, 0.1) is 16.2 Å². The molecule has 0 amide bonds. The smallest absolute Gasteiger partial charge is 0.370 e. The molecule has 0 saturated heterocycles. The highest BCUT2D eigenvalue weighted by molar-refractivity contribution is 7.48. The van der Waals surface area contributed by atoms with Gasteiger partial charge < -0.3 is 33.2 Å². The van der Waals surface area contributed by atoms with Crippen LogP contribution in [0.4, 0.5) is 0 Å². The van der Waals surface area contributed by atoms with Gasteiger partial charge in [-0.25, -0.2) is 4.57 Å². The van der Waals surface area contributed by atoms with Gasteiger partial charge in [0.15, 0.2) is 17.9 Å². The first-order valence-corrected chi connectivity index (χ1v) is 14.1. The summed E-state index contributed by atoms with van der Waals surface area (Å²) in [6.45, 7) is 0.940. The lowest BCUT2D eigenvalue weighted by molar-refractivity contribution is 0.0978. The molecule has 0 atom stereocenters. The van der Waals surface area contributed by atoms with Crippen LogP contribution in [0.2, 0.25) is 0 Å². The molecule has 12 N–H and O–H groups in total. The Morgan fingerprint density at radius 1 is 0.561 bits per heavy atom. The van der Waals surface area contributed by atoms with Crippen molar-refractivity contribution >= 4 is 25.7 Å². The summed E-state index contributed by atoms with van der Waals surface area (Å²) in [5.74, 6) is -0.416. The molecule has 3 aromatic carbocycles. The van der Waals surface area contributed by atoms with Crippen molar-refractivity contribution in [1.82, 2.24) is 16.0 Å². The number of hydrogen-bond donors (Lipinski definition) is 9. The van der Waals surface area contributed by atoms with Gasteiger partial charge >= 0.3 is 7.82 Å². The van der Waals surface area contributed by atoms with Gasteiger partial charge in [-0.2, -0.15) is 0 Å². The average molecular weight is 582 g/mol. The normalized spacial score (nSPS) is 12.2. The standard InChI is InChI=1S/C27H36N9O4P/c28-25(29)34-13-19-4-1-7-22(10-19)16-38-41(37,39-17-23-8-2-5-20(11-23)14-35-26(30)31)40-18-24-9-3-6-21(12-24)15-36-27(32)33/h1-12H,13-18H2,(H4,28,29,34)(H4,30,31,35)(H4,32,33,36). The van der Waals surface area contributed by atoms with Crippen LogP contribution in [0.1, 0.15) is 33.4 Å². The van der Waals surface area contributed by atoms with E-state index in [1.54, 1.807) is 0 Å². The maximum Gasteiger partial charge on any atom is 0.475 e. The van der Waals surface area contributed by atoms with Crippen molar-refractivity contribution in [2.24, 2.45) is 17.2 Å². The Bertz CT molecular complexity index is 1240. The van der Waals surface area contributed by atoms with E-state index in [1.165, 1.54) is 0 Å². The fraction of sp³-hybridized carbons (Fsp3) is 0.222. The second kappa shape index (κ2) is 15.4. The summed E-state index contributed by atoms with van der Waals surface area (Å²) in [5.41, 5.74) is 20.9. The first kappa shape index (κ1) is 31.1. The Hall–Kier alpha value is -4.42. The van der Waals surface area contributed by atoms with E-state index in [-0.39, 0.29) is 37.7 Å². The van der Waals surface area contributed by atoms with Crippen LogP contribution in [0.3, 0.4) is 0 Å². The zero-order chi connectivity index (χ0) is 29.7. The summed E-state index contributed by atoms with van der Waals surface area (Å²) in [4.78, 5) is 0. The number of rotatable bonds is 15. The molecule has 3 aromatic rings. The molecular weight excluding hydrogens is 545 g/mol. The van der Waals surface area contributed by atoms with Crippen molar-refractivity contribution in [3.8, 4) is 0 Å². The van der Waals surface area contributed by atoms with Gasteiger partial charge in [0, 0.05) is 19.6 Å². The zero-order valence-corrected chi connectivity index (χ0v) is 23.4. The van der Waals surface area contributed by atoms with Crippen LogP contribution >= 0.6 is 7.82 Å². The predicted molar refractivity (Wildman–Crippen MR) is 158 cm³/mol. The Labute approximate surface area is 238 Å². The van der Waals surface area contributed by atoms with Crippen molar-refractivity contribution in [2.45, 2.75) is 39.5 Å². The quantitative estimate of drug-likeness (QED) is 0.0723. The molecular formula is C27H36N9O4P. The summed E-state index contributed by atoms with van der Waals surface area (Å²) in [6, 6.07) is 22.1. The maximum absolute atomic E-state index is 13.8. The average Bonchev–Trinajstić information content (AvgIpc) is 2.96. The highest BCUT2D eigenvalue weighted by Crippen LogP contribution is 2.51. The highest BCUT2D eigenvalue weighted by Gasteiger charge is 2.27. The summed E-state index contributed by atoms with van der Waals surface area (Å²) < 4.78 is 31.1. The fourth-order valence-electron chi connectivity index (χ4n) is 3.65. The van der Waals surface area contributed by atoms with Gasteiger partial charge in [0.25, 0.3) is 0 Å². The number of phosphoric ester groups is 1. The molecule has 0 spiro atoms. The van der Waals surface area contributed by atoms with Crippen LogP contribution in [0.25, 0.3) is 0 Å². The van der Waals surface area contributed by atoms with E-state index >= 15 is 0 Å². The lowest BCUT2D eigenvalue weighted by Crippen LogP contribution is -2.29. The first-order chi connectivity index (χ1) is 19.6. The van der Waals surface area contributed by atoms with E-state index in [9.17, 15) is 4.57 Å². The number of nitrogens with two attached hydrogens (primary N) is 3. The molecule has 3 rings (SSSR count). The van der Waals surface area contributed by atoms with E-state index in [2.05, 4.69) is 16.0 Å². The summed E-state index contributed by atoms with van der Waals surface area (Å²) in [7, 11) is -4.06. The molecule has 0 heterocycles. The van der Waals surface area contributed by atoms with Crippen molar-refractivity contribution < 1.29 is 18.1 Å². The summed E-state index contributed by atoms with van der Waals surface area (Å²) in [6.07, 6.45) is 0. The maximum atomic E-state index is 13.8. The van der Waals surface area contributed by atoms with Gasteiger partial charge in [0.2, 0.25) is 0 Å². The van der Waals surface area contributed by atoms with Crippen LogP contribution < -0.4 is 33.2 Å². The monoisotopic (exact) mass is 581 g/mol. The topological polar surface area (TPSA) is 230 Å². The molecule has 0 bridgehead atoms. The predicted octanol–water partition coefficient (Wildman–Crippen LogP) is 2.69. The first-order valence-electron chi connectivity index (χ1n) is 12.6. The Balaban J connectivity index is 1.72. The third-order valence-corrected chi connectivity index (χ3v) is 6.93. The minimum Gasteiger partial charge on any atom is -0.370 e. The minimum absolute atomic E-state index is 0.0453. The van der Waals surface area contributed by atoms with Crippen molar-refractivity contribution in [3.05, 3.63) is 106 Å². The van der Waals surface area contributed by atoms with Crippen molar-refractivity contribution in [2.75, 3.05) is 0 Å². The fourth-order valence-corrected chi connectivity index (χ4v) is 4.80. The van der Waals surface area contributed by atoms with E-state index in [1.807, 2.05) is 72.8 Å². The van der Waals surface area contributed by atoms with Gasteiger partial charge in [0.1, 0.15) is 0 Å². The largest absolute Gasteiger partial charge is 0.475 e. The molecule has 0 aliphatic carbocycles. The van der Waals surface area contributed by atoms with E-state index in [0.29, 0.717) is 19.6 Å². The molecule has 0 unspecified atom stereocenters. The lowest BCUT2D eigenvalue weighted by atomic mass is 10.1. The summed E-state index contributed by atoms with van der Waals surface area (Å²) >= 11 is 0. The second-order valence-electron chi connectivity index (χ2n) is 9.03. The molecule has 0 fully saturated rings. The molecule has 13 nitrogen and oxygen atoms in total. The molecule has 0 aliphatic heterocycles. The number of guanidine groups is 3. The highest BCUT2D eigenvalue weighted by atomic mass is 31.2. The van der Waals surface area contributed by atoms with Crippen LogP contribution in [-0.2, 0) is 57.6 Å². The molecule has 218 valence electrons. The summed E-state index contributed by atoms with van der Waals surface area (Å²) in [5, 5.41) is 30.3. The van der Waals surface area contributed by atoms with E-state index < -0.39 is 7.82 Å². The third-order valence-electron chi connectivity index (χ3n) is 5.59. The molecule has 41 heavy (non-hydrogen) atoms. The minimum atomic E-state index is -4.06. The number of benzene rings is 3. The molecule has 0 aromatic heterocycles. The van der Waals surface area contributed by atoms with Gasteiger partial charge in [-0.3, -0.25) is 29.8 Å². The number of nitrogens with one attached hydrogen (secondary N) is 6. The zero-order valence-electron chi connectivity index (χ0n) is 22.5. The van der Waals surface area contributed by atoms with Crippen LogP contribution in [0.15, 0.2) is 72.8 Å². The molecule has 0 saturated carbocycles. The van der Waals surface area contributed by atoms with Gasteiger partial charge in [-0.05, 0) is 33.4 Å². The molecule has 0 aliphatic rings. The molecule has 14 heteroatoms.